The average molecular weight is 114 g/mol. The Kier molecular flexibility index (Phi) is 1.54. The molecule has 0 amide bonds. The van der Waals surface area contributed by atoms with E-state index < -0.39 is 0 Å². The summed E-state index contributed by atoms with van der Waals surface area (Å²) in [5.41, 5.74) is 5.76. The van der Waals surface area contributed by atoms with Gasteiger partial charge < -0.3 is 11.1 Å². The van der Waals surface area contributed by atoms with Crippen molar-refractivity contribution in [3.05, 3.63) is 0 Å². The van der Waals surface area contributed by atoms with E-state index in [-0.39, 0.29) is 0 Å². The van der Waals surface area contributed by atoms with Gasteiger partial charge in [-0.1, -0.05) is 6.92 Å². The average Bonchev–Trinajstić information content (AvgIpc) is 1.98. The molecule has 1 aliphatic rings. The molecule has 48 valence electrons. The molecule has 1 heterocycles. The third-order valence-electron chi connectivity index (χ3n) is 2.00. The third kappa shape index (κ3) is 0.858. The molecule has 0 bridgehead atoms. The van der Waals surface area contributed by atoms with Gasteiger partial charge in [-0.2, -0.15) is 0 Å². The van der Waals surface area contributed by atoms with Crippen molar-refractivity contribution >= 4 is 0 Å². The van der Waals surface area contributed by atoms with Crippen LogP contribution in [0.15, 0.2) is 0 Å². The van der Waals surface area contributed by atoms with Crippen LogP contribution in [0.1, 0.15) is 13.8 Å². The second-order valence-corrected chi connectivity index (χ2v) is 2.75. The summed E-state index contributed by atoms with van der Waals surface area (Å²) in [7, 11) is 0. The van der Waals surface area contributed by atoms with E-state index in [2.05, 4.69) is 19.2 Å². The van der Waals surface area contributed by atoms with Crippen molar-refractivity contribution in [3.63, 3.8) is 0 Å². The summed E-state index contributed by atoms with van der Waals surface area (Å²) in [6.45, 7) is 5.40. The Morgan fingerprint density at radius 1 is 1.50 bits per heavy atom. The van der Waals surface area contributed by atoms with Crippen LogP contribution >= 0.6 is 0 Å². The zero-order valence-electron chi connectivity index (χ0n) is 5.52. The minimum absolute atomic E-state index is 0.370. The predicted octanol–water partition coefficient (Wildman–Crippen LogP) is -0.0585. The molecule has 1 aliphatic heterocycles. The Balaban J connectivity index is 2.44. The molecule has 0 aromatic rings. The van der Waals surface area contributed by atoms with E-state index in [0.717, 1.165) is 6.54 Å². The summed E-state index contributed by atoms with van der Waals surface area (Å²) >= 11 is 0. The molecule has 0 aromatic carbocycles. The van der Waals surface area contributed by atoms with Crippen LogP contribution in [0.3, 0.4) is 0 Å². The lowest BCUT2D eigenvalue weighted by Crippen LogP contribution is -2.35. The van der Waals surface area contributed by atoms with Gasteiger partial charge in [-0.15, -0.1) is 0 Å². The van der Waals surface area contributed by atoms with E-state index in [1.807, 2.05) is 0 Å². The molecular formula is C6H14N2. The zero-order chi connectivity index (χ0) is 6.15. The van der Waals surface area contributed by atoms with Gasteiger partial charge in [0.1, 0.15) is 0 Å². The van der Waals surface area contributed by atoms with Crippen molar-refractivity contribution in [2.45, 2.75) is 25.9 Å². The van der Waals surface area contributed by atoms with Crippen molar-refractivity contribution in [3.8, 4) is 0 Å². The number of hydrogen-bond acceptors (Lipinski definition) is 2. The van der Waals surface area contributed by atoms with E-state index in [0.29, 0.717) is 18.0 Å². The van der Waals surface area contributed by atoms with E-state index in [1.165, 1.54) is 0 Å². The molecule has 1 rings (SSSR count). The molecule has 0 aliphatic carbocycles. The summed E-state index contributed by atoms with van der Waals surface area (Å²) in [6, 6.07) is 0.889. The second kappa shape index (κ2) is 2.03. The second-order valence-electron chi connectivity index (χ2n) is 2.75. The highest BCUT2D eigenvalue weighted by Crippen LogP contribution is 2.10. The van der Waals surface area contributed by atoms with Crippen LogP contribution in [0.2, 0.25) is 0 Å². The van der Waals surface area contributed by atoms with Gasteiger partial charge >= 0.3 is 0 Å². The standard InChI is InChI=1S/C6H14N2/c1-4-3-8-5(2)6(4)7/h4-6,8H,3,7H2,1-2H3. The summed E-state index contributed by atoms with van der Waals surface area (Å²) in [6.07, 6.45) is 0. The first-order valence-corrected chi connectivity index (χ1v) is 3.21. The highest BCUT2D eigenvalue weighted by atomic mass is 15.0. The lowest BCUT2D eigenvalue weighted by atomic mass is 10.0. The molecule has 2 nitrogen and oxygen atoms in total. The minimum Gasteiger partial charge on any atom is -0.326 e. The van der Waals surface area contributed by atoms with E-state index in [4.69, 9.17) is 5.73 Å². The lowest BCUT2D eigenvalue weighted by molar-refractivity contribution is 0.513. The molecular weight excluding hydrogens is 100 g/mol. The van der Waals surface area contributed by atoms with Gasteiger partial charge in [-0.25, -0.2) is 0 Å². The molecule has 1 fully saturated rings. The molecule has 3 atom stereocenters. The van der Waals surface area contributed by atoms with Crippen LogP contribution in [0.25, 0.3) is 0 Å². The quantitative estimate of drug-likeness (QED) is 0.463. The van der Waals surface area contributed by atoms with Crippen LogP contribution in [0.5, 0.6) is 0 Å². The summed E-state index contributed by atoms with van der Waals surface area (Å²) < 4.78 is 0. The first-order valence-electron chi connectivity index (χ1n) is 3.21. The van der Waals surface area contributed by atoms with Crippen LogP contribution in [0, 0.1) is 5.92 Å². The molecule has 0 aromatic heterocycles. The van der Waals surface area contributed by atoms with Gasteiger partial charge in [0.15, 0.2) is 0 Å². The maximum Gasteiger partial charge on any atom is 0.0230 e. The van der Waals surface area contributed by atoms with Gasteiger partial charge in [0, 0.05) is 12.1 Å². The SMILES string of the molecule is CC1CNC(C)C1N. The van der Waals surface area contributed by atoms with E-state index in [1.54, 1.807) is 0 Å². The molecule has 0 spiro atoms. The molecule has 2 heteroatoms. The summed E-state index contributed by atoms with van der Waals surface area (Å²) in [5, 5.41) is 3.29. The maximum absolute atomic E-state index is 5.76. The van der Waals surface area contributed by atoms with Crippen LogP contribution in [-0.2, 0) is 0 Å². The Labute approximate surface area is 50.4 Å². The Hall–Kier alpha value is -0.0800. The number of hydrogen-bond donors (Lipinski definition) is 2. The van der Waals surface area contributed by atoms with Gasteiger partial charge in [0.2, 0.25) is 0 Å². The molecule has 0 radical (unpaired) electrons. The zero-order valence-corrected chi connectivity index (χ0v) is 5.52. The monoisotopic (exact) mass is 114 g/mol. The van der Waals surface area contributed by atoms with E-state index >= 15 is 0 Å². The molecule has 0 saturated carbocycles. The highest BCUT2D eigenvalue weighted by Gasteiger charge is 2.25. The van der Waals surface area contributed by atoms with Crippen LogP contribution in [-0.4, -0.2) is 18.6 Å². The Morgan fingerprint density at radius 2 is 2.12 bits per heavy atom. The fraction of sp³-hybridized carbons (Fsp3) is 1.00. The largest absolute Gasteiger partial charge is 0.326 e. The van der Waals surface area contributed by atoms with Crippen molar-refractivity contribution in [1.82, 2.24) is 5.32 Å². The molecule has 3 unspecified atom stereocenters. The van der Waals surface area contributed by atoms with Crippen molar-refractivity contribution < 1.29 is 0 Å². The maximum atomic E-state index is 5.76. The van der Waals surface area contributed by atoms with Gasteiger partial charge in [-0.05, 0) is 19.4 Å². The van der Waals surface area contributed by atoms with E-state index in [9.17, 15) is 0 Å². The van der Waals surface area contributed by atoms with Gasteiger partial charge in [0.25, 0.3) is 0 Å². The highest BCUT2D eigenvalue weighted by molar-refractivity contribution is 4.87. The first kappa shape index (κ1) is 6.05. The number of nitrogens with one attached hydrogen (secondary N) is 1. The van der Waals surface area contributed by atoms with Crippen LogP contribution < -0.4 is 11.1 Å². The van der Waals surface area contributed by atoms with Crippen LogP contribution in [0.4, 0.5) is 0 Å². The third-order valence-corrected chi connectivity index (χ3v) is 2.00. The summed E-state index contributed by atoms with van der Waals surface area (Å²) in [4.78, 5) is 0. The van der Waals surface area contributed by atoms with Gasteiger partial charge in [0.05, 0.1) is 0 Å². The predicted molar refractivity (Wildman–Crippen MR) is 34.6 cm³/mol. The molecule has 8 heavy (non-hydrogen) atoms. The first-order chi connectivity index (χ1) is 3.72. The van der Waals surface area contributed by atoms with Crippen molar-refractivity contribution in [2.75, 3.05) is 6.54 Å². The summed E-state index contributed by atoms with van der Waals surface area (Å²) in [5.74, 6) is 0.657. The minimum atomic E-state index is 0.370. The molecule has 3 N–H and O–H groups in total. The van der Waals surface area contributed by atoms with Gasteiger partial charge in [-0.3, -0.25) is 0 Å². The number of rotatable bonds is 0. The number of nitrogens with two attached hydrogens (primary N) is 1. The van der Waals surface area contributed by atoms with Crippen molar-refractivity contribution in [2.24, 2.45) is 11.7 Å². The fourth-order valence-corrected chi connectivity index (χ4v) is 1.14. The normalized spacial score (nSPS) is 47.6. The van der Waals surface area contributed by atoms with Crippen molar-refractivity contribution in [1.29, 1.82) is 0 Å². The fourth-order valence-electron chi connectivity index (χ4n) is 1.14. The Morgan fingerprint density at radius 3 is 2.25 bits per heavy atom. The Bertz CT molecular complexity index is 72.6. The molecule has 1 saturated heterocycles. The smallest absolute Gasteiger partial charge is 0.0230 e. The lowest BCUT2D eigenvalue weighted by Gasteiger charge is -2.10. The topological polar surface area (TPSA) is 38.0 Å².